The summed E-state index contributed by atoms with van der Waals surface area (Å²) in [7, 11) is 7.15. The topological polar surface area (TPSA) is 157 Å². The summed E-state index contributed by atoms with van der Waals surface area (Å²) in [4.78, 5) is 25.7. The van der Waals surface area contributed by atoms with Crippen molar-refractivity contribution in [2.45, 2.75) is 6.92 Å². The first-order valence-electron chi connectivity index (χ1n) is 10.0. The Morgan fingerprint density at radius 1 is 0.824 bits per heavy atom. The van der Waals surface area contributed by atoms with E-state index in [1.54, 1.807) is 51.9 Å². The molecule has 2 aromatic carbocycles. The zero-order valence-corrected chi connectivity index (χ0v) is 19.1. The van der Waals surface area contributed by atoms with Crippen LogP contribution in [0.2, 0.25) is 0 Å². The maximum absolute atomic E-state index is 11.2. The Bertz CT molecular complexity index is 1710. The highest BCUT2D eigenvalue weighted by atomic mass is 16.6. The summed E-state index contributed by atoms with van der Waals surface area (Å²) in [5.41, 5.74) is 2.25. The average Bonchev–Trinajstić information content (AvgIpc) is 3.19. The second-order valence-electron chi connectivity index (χ2n) is 7.61. The number of amidine groups is 1. The van der Waals surface area contributed by atoms with Crippen molar-refractivity contribution in [1.29, 1.82) is 0 Å². The van der Waals surface area contributed by atoms with Crippen LogP contribution in [-0.4, -0.2) is 39.2 Å². The summed E-state index contributed by atoms with van der Waals surface area (Å²) >= 11 is 0. The number of aryl methyl sites for hydroxylation is 2. The van der Waals surface area contributed by atoms with Crippen LogP contribution in [0, 0.1) is 20.2 Å². The molecule has 0 saturated heterocycles. The van der Waals surface area contributed by atoms with Crippen LogP contribution in [0.4, 0.5) is 11.4 Å². The molecule has 0 aliphatic rings. The fraction of sp³-hybridized carbons (Fsp3) is 0.250. The summed E-state index contributed by atoms with van der Waals surface area (Å²) in [6.45, 7) is 1.61. The third-order valence-electron chi connectivity index (χ3n) is 5.65. The van der Waals surface area contributed by atoms with E-state index in [1.165, 1.54) is 24.3 Å². The van der Waals surface area contributed by atoms with E-state index in [9.17, 15) is 20.2 Å². The molecule has 0 amide bonds. The largest absolute Gasteiger partial charge is 0.434 e. The Hall–Kier alpha value is -4.84. The number of rotatable bonds is 3. The lowest BCUT2D eigenvalue weighted by Crippen LogP contribution is -2.20. The lowest BCUT2D eigenvalue weighted by atomic mass is 10.2. The van der Waals surface area contributed by atoms with Gasteiger partial charge in [0.15, 0.2) is 5.49 Å². The Morgan fingerprint density at radius 3 is 1.94 bits per heavy atom. The highest BCUT2D eigenvalue weighted by molar-refractivity contribution is 5.82. The molecule has 0 bridgehead atoms. The molecule has 174 valence electrons. The number of nitro benzene ring substituents is 2. The van der Waals surface area contributed by atoms with Gasteiger partial charge in [-0.25, -0.2) is 4.68 Å². The number of hydrogen-bond acceptors (Lipinski definition) is 6. The number of aromatic nitrogens is 4. The highest BCUT2D eigenvalue weighted by Crippen LogP contribution is 2.19. The van der Waals surface area contributed by atoms with E-state index < -0.39 is 9.85 Å². The van der Waals surface area contributed by atoms with Gasteiger partial charge in [-0.1, -0.05) is 4.79 Å². The molecule has 0 fully saturated rings. The Kier molecular flexibility index (Phi) is 5.43. The molecule has 0 saturated carbocycles. The molecule has 0 N–H and O–H groups in total. The molecular weight excluding hydrogens is 444 g/mol. The van der Waals surface area contributed by atoms with Crippen LogP contribution in [0.1, 0.15) is 6.92 Å². The van der Waals surface area contributed by atoms with Gasteiger partial charge in [-0.2, -0.15) is 0 Å². The van der Waals surface area contributed by atoms with E-state index >= 15 is 0 Å². The van der Waals surface area contributed by atoms with Crippen LogP contribution < -0.4 is 11.0 Å². The molecule has 34 heavy (non-hydrogen) atoms. The van der Waals surface area contributed by atoms with E-state index in [1.807, 2.05) is 14.1 Å². The number of hydrogen-bond donors (Lipinski definition) is 0. The van der Waals surface area contributed by atoms with Crippen molar-refractivity contribution in [2.75, 3.05) is 0 Å². The fourth-order valence-electron chi connectivity index (χ4n) is 3.65. The van der Waals surface area contributed by atoms with E-state index in [4.69, 9.17) is 0 Å². The molecular formula is C20H21N10O4+. The molecule has 2 heterocycles. The number of fused-ring (bicyclic) bond motifs is 2. The SMILES string of the molecule is CC(N=[N+]=c1c2cc([N+](=O)[O-])ccc2n(C)n1C)=NN=c1c2cc([N+](=O)[O-])ccc2n(C)n1C. The minimum atomic E-state index is -0.465. The van der Waals surface area contributed by atoms with Crippen LogP contribution in [0.15, 0.2) is 51.7 Å². The second-order valence-corrected chi connectivity index (χ2v) is 7.61. The van der Waals surface area contributed by atoms with E-state index in [0.29, 0.717) is 21.7 Å². The Labute approximate surface area is 191 Å². The van der Waals surface area contributed by atoms with Crippen molar-refractivity contribution in [1.82, 2.24) is 18.7 Å². The van der Waals surface area contributed by atoms with Crippen LogP contribution in [0.3, 0.4) is 0 Å². The average molecular weight is 465 g/mol. The van der Waals surface area contributed by atoms with Gasteiger partial charge in [-0.05, 0) is 12.1 Å². The monoisotopic (exact) mass is 465 g/mol. The number of nitro groups is 2. The minimum Gasteiger partial charge on any atom is -0.287 e. The summed E-state index contributed by atoms with van der Waals surface area (Å²) in [6, 6.07) is 9.07. The molecule has 14 heteroatoms. The van der Waals surface area contributed by atoms with Gasteiger partial charge < -0.3 is 0 Å². The van der Waals surface area contributed by atoms with Gasteiger partial charge in [0, 0.05) is 57.4 Å². The van der Waals surface area contributed by atoms with Crippen molar-refractivity contribution < 1.29 is 14.6 Å². The predicted octanol–water partition coefficient (Wildman–Crippen LogP) is 1.66. The van der Waals surface area contributed by atoms with Gasteiger partial charge >= 0.3 is 5.49 Å². The quantitative estimate of drug-likeness (QED) is 0.113. The molecule has 0 aliphatic heterocycles. The maximum Gasteiger partial charge on any atom is 0.434 e. The highest BCUT2D eigenvalue weighted by Gasteiger charge is 2.18. The number of non-ortho nitro benzene ring substituents is 2. The molecule has 4 rings (SSSR count). The fourth-order valence-corrected chi connectivity index (χ4v) is 3.65. The molecule has 4 aromatic rings. The van der Waals surface area contributed by atoms with Crippen LogP contribution >= 0.6 is 0 Å². The maximum atomic E-state index is 11.2. The predicted molar refractivity (Wildman–Crippen MR) is 122 cm³/mol. The van der Waals surface area contributed by atoms with Crippen LogP contribution in [0.5, 0.6) is 0 Å². The van der Waals surface area contributed by atoms with E-state index in [0.717, 1.165) is 11.0 Å². The minimum absolute atomic E-state index is 0.0481. The molecule has 0 radical (unpaired) electrons. The summed E-state index contributed by atoms with van der Waals surface area (Å²) < 4.78 is 7.03. The molecule has 0 aliphatic carbocycles. The third kappa shape index (κ3) is 3.67. The summed E-state index contributed by atoms with van der Waals surface area (Å²) in [6.07, 6.45) is 0. The van der Waals surface area contributed by atoms with Crippen molar-refractivity contribution in [3.63, 3.8) is 0 Å². The number of benzene rings is 2. The van der Waals surface area contributed by atoms with Gasteiger partial charge in [-0.3, -0.25) is 29.6 Å². The third-order valence-corrected chi connectivity index (χ3v) is 5.65. The number of nitrogens with zero attached hydrogens (tertiary/aromatic N) is 10. The Balaban J connectivity index is 1.87. The molecule has 2 aromatic heterocycles. The lowest BCUT2D eigenvalue weighted by Gasteiger charge is -1.99. The van der Waals surface area contributed by atoms with E-state index in [-0.39, 0.29) is 17.2 Å². The first-order chi connectivity index (χ1) is 16.1. The van der Waals surface area contributed by atoms with Crippen LogP contribution in [-0.2, 0) is 28.2 Å². The van der Waals surface area contributed by atoms with Crippen molar-refractivity contribution in [3.8, 4) is 0 Å². The second kappa shape index (κ2) is 8.26. The van der Waals surface area contributed by atoms with E-state index in [2.05, 4.69) is 20.1 Å². The zero-order valence-electron chi connectivity index (χ0n) is 19.1. The zero-order chi connectivity index (χ0) is 24.7. The van der Waals surface area contributed by atoms with Gasteiger partial charge in [-0.15, -0.1) is 14.9 Å². The normalized spacial score (nSPS) is 12.4. The first kappa shape index (κ1) is 22.4. The Morgan fingerprint density at radius 2 is 1.35 bits per heavy atom. The van der Waals surface area contributed by atoms with Crippen LogP contribution in [0.25, 0.3) is 21.8 Å². The molecule has 0 spiro atoms. The summed E-state index contributed by atoms with van der Waals surface area (Å²) in [5, 5.41) is 36.0. The first-order valence-corrected chi connectivity index (χ1v) is 10.0. The molecule has 0 unspecified atom stereocenters. The molecule has 14 nitrogen and oxygen atoms in total. The van der Waals surface area contributed by atoms with Crippen molar-refractivity contribution >= 4 is 39.0 Å². The lowest BCUT2D eigenvalue weighted by molar-refractivity contribution is -0.384. The molecule has 0 atom stereocenters. The standard InChI is InChI=1S/C20H21N10O4/c1-12(21-23-19-15-10-13(29(31)32)6-8-17(15)25(2)27(19)4)22-24-20-16-11-14(30(33)34)7-9-18(16)26(3)28(20)5/h6-11H,1-5H3/q+1. The van der Waals surface area contributed by atoms with Gasteiger partial charge in [0.25, 0.3) is 11.4 Å². The van der Waals surface area contributed by atoms with Gasteiger partial charge in [0.05, 0.1) is 26.3 Å². The van der Waals surface area contributed by atoms with Crippen molar-refractivity contribution in [3.05, 3.63) is 67.6 Å². The van der Waals surface area contributed by atoms with Crippen molar-refractivity contribution in [2.24, 2.45) is 43.5 Å². The van der Waals surface area contributed by atoms with Gasteiger partial charge in [0.2, 0.25) is 5.84 Å². The summed E-state index contributed by atoms with van der Waals surface area (Å²) in [5.74, 6) is 0.227. The van der Waals surface area contributed by atoms with Gasteiger partial charge in [0.1, 0.15) is 12.4 Å². The smallest absolute Gasteiger partial charge is 0.287 e.